The lowest BCUT2D eigenvalue weighted by Gasteiger charge is -2.30. The number of hydrogen-bond donors (Lipinski definition) is 1. The maximum absolute atomic E-state index is 5.41. The molecule has 24 heavy (non-hydrogen) atoms. The third kappa shape index (κ3) is 3.77. The van der Waals surface area contributed by atoms with Crippen LogP contribution in [0.25, 0.3) is 0 Å². The third-order valence-corrected chi connectivity index (χ3v) is 5.67. The number of benzene rings is 1. The number of thioether (sulfide) groups is 1. The van der Waals surface area contributed by atoms with Crippen molar-refractivity contribution in [2.75, 3.05) is 33.5 Å². The minimum atomic E-state index is 0.308. The van der Waals surface area contributed by atoms with Crippen molar-refractivity contribution in [3.63, 3.8) is 0 Å². The SMILES string of the molecule is COc1ccc2c(c1)C(NCC(c1cnn(C)c1)N(C)C)CCS2. The highest BCUT2D eigenvalue weighted by Crippen LogP contribution is 2.38. The summed E-state index contributed by atoms with van der Waals surface area (Å²) in [6.45, 7) is 0.894. The van der Waals surface area contributed by atoms with Crippen LogP contribution < -0.4 is 10.1 Å². The van der Waals surface area contributed by atoms with Crippen molar-refractivity contribution >= 4 is 11.8 Å². The van der Waals surface area contributed by atoms with Gasteiger partial charge in [-0.05, 0) is 50.0 Å². The molecule has 0 radical (unpaired) electrons. The first-order valence-electron chi connectivity index (χ1n) is 8.27. The number of aryl methyl sites for hydroxylation is 1. The number of nitrogens with zero attached hydrogens (tertiary/aromatic N) is 3. The van der Waals surface area contributed by atoms with Gasteiger partial charge in [0.25, 0.3) is 0 Å². The molecule has 130 valence electrons. The fourth-order valence-corrected chi connectivity index (χ4v) is 4.28. The monoisotopic (exact) mass is 346 g/mol. The lowest BCUT2D eigenvalue weighted by molar-refractivity contribution is 0.277. The maximum Gasteiger partial charge on any atom is 0.119 e. The van der Waals surface area contributed by atoms with Crippen LogP contribution >= 0.6 is 11.8 Å². The summed E-state index contributed by atoms with van der Waals surface area (Å²) in [5.41, 5.74) is 2.60. The van der Waals surface area contributed by atoms with Crippen LogP contribution in [0, 0.1) is 0 Å². The van der Waals surface area contributed by atoms with Crippen LogP contribution in [0.2, 0.25) is 0 Å². The summed E-state index contributed by atoms with van der Waals surface area (Å²) in [6, 6.07) is 7.08. The number of hydrogen-bond acceptors (Lipinski definition) is 5. The second-order valence-corrected chi connectivity index (χ2v) is 7.57. The largest absolute Gasteiger partial charge is 0.497 e. The predicted molar refractivity (Wildman–Crippen MR) is 98.7 cm³/mol. The summed E-state index contributed by atoms with van der Waals surface area (Å²) in [7, 11) is 7.93. The van der Waals surface area contributed by atoms with Crippen LogP contribution in [-0.4, -0.2) is 48.2 Å². The van der Waals surface area contributed by atoms with Crippen LogP contribution in [0.15, 0.2) is 35.5 Å². The van der Waals surface area contributed by atoms with Gasteiger partial charge in [-0.3, -0.25) is 4.68 Å². The van der Waals surface area contributed by atoms with Gasteiger partial charge in [0.15, 0.2) is 0 Å². The van der Waals surface area contributed by atoms with E-state index in [1.165, 1.54) is 16.0 Å². The zero-order valence-electron chi connectivity index (χ0n) is 14.8. The van der Waals surface area contributed by atoms with Gasteiger partial charge in [0.1, 0.15) is 5.75 Å². The summed E-state index contributed by atoms with van der Waals surface area (Å²) in [5.74, 6) is 2.08. The molecule has 0 amide bonds. The highest BCUT2D eigenvalue weighted by Gasteiger charge is 2.23. The Hall–Kier alpha value is -1.50. The minimum absolute atomic E-state index is 0.308. The molecule has 0 bridgehead atoms. The molecule has 1 aliphatic rings. The van der Waals surface area contributed by atoms with E-state index >= 15 is 0 Å². The van der Waals surface area contributed by atoms with Crippen molar-refractivity contribution in [2.24, 2.45) is 7.05 Å². The van der Waals surface area contributed by atoms with E-state index in [4.69, 9.17) is 4.74 Å². The second-order valence-electron chi connectivity index (χ2n) is 6.43. The van der Waals surface area contributed by atoms with Gasteiger partial charge in [0.05, 0.1) is 13.3 Å². The van der Waals surface area contributed by atoms with Gasteiger partial charge < -0.3 is 15.0 Å². The Balaban J connectivity index is 1.74. The molecule has 0 fully saturated rings. The van der Waals surface area contributed by atoms with Crippen molar-refractivity contribution in [3.8, 4) is 5.75 Å². The fraction of sp³-hybridized carbons (Fsp3) is 0.500. The molecule has 1 aromatic carbocycles. The molecule has 3 rings (SSSR count). The van der Waals surface area contributed by atoms with Gasteiger partial charge >= 0.3 is 0 Å². The molecular formula is C18H26N4OS. The predicted octanol–water partition coefficient (Wildman–Crippen LogP) is 2.86. The van der Waals surface area contributed by atoms with Gasteiger partial charge in [-0.15, -0.1) is 11.8 Å². The molecule has 0 saturated carbocycles. The number of aromatic nitrogens is 2. The topological polar surface area (TPSA) is 42.3 Å². The summed E-state index contributed by atoms with van der Waals surface area (Å²) in [5, 5.41) is 8.09. The third-order valence-electron chi connectivity index (χ3n) is 4.55. The Morgan fingerprint density at radius 2 is 2.29 bits per heavy atom. The van der Waals surface area contributed by atoms with Gasteiger partial charge in [-0.2, -0.15) is 5.10 Å². The van der Waals surface area contributed by atoms with Crippen molar-refractivity contribution in [2.45, 2.75) is 23.4 Å². The van der Waals surface area contributed by atoms with E-state index in [2.05, 4.69) is 47.7 Å². The zero-order chi connectivity index (χ0) is 17.1. The van der Waals surface area contributed by atoms with Gasteiger partial charge in [-0.1, -0.05) is 0 Å². The molecule has 0 spiro atoms. The lowest BCUT2D eigenvalue weighted by Crippen LogP contribution is -2.34. The number of methoxy groups -OCH3 is 1. The molecule has 2 atom stereocenters. The van der Waals surface area contributed by atoms with Gasteiger partial charge in [-0.25, -0.2) is 0 Å². The van der Waals surface area contributed by atoms with Crippen LogP contribution in [0.3, 0.4) is 0 Å². The number of rotatable bonds is 6. The first-order chi connectivity index (χ1) is 11.6. The number of ether oxygens (including phenoxy) is 1. The zero-order valence-corrected chi connectivity index (χ0v) is 15.6. The smallest absolute Gasteiger partial charge is 0.119 e. The van der Waals surface area contributed by atoms with Crippen molar-refractivity contribution in [3.05, 3.63) is 41.7 Å². The molecule has 6 heteroatoms. The van der Waals surface area contributed by atoms with E-state index in [9.17, 15) is 0 Å². The van der Waals surface area contributed by atoms with Gasteiger partial charge in [0.2, 0.25) is 0 Å². The van der Waals surface area contributed by atoms with E-state index in [0.29, 0.717) is 12.1 Å². The molecule has 2 unspecified atom stereocenters. The molecule has 5 nitrogen and oxygen atoms in total. The van der Waals surface area contributed by atoms with Crippen molar-refractivity contribution < 1.29 is 4.74 Å². The second kappa shape index (κ2) is 7.59. The summed E-state index contributed by atoms with van der Waals surface area (Å²) >= 11 is 1.93. The van der Waals surface area contributed by atoms with Crippen LogP contribution in [0.1, 0.15) is 29.6 Å². The molecule has 0 saturated heterocycles. The quantitative estimate of drug-likeness (QED) is 0.871. The van der Waals surface area contributed by atoms with E-state index in [1.807, 2.05) is 35.8 Å². The van der Waals surface area contributed by atoms with E-state index in [0.717, 1.165) is 24.5 Å². The Bertz CT molecular complexity index is 685. The number of nitrogens with one attached hydrogen (secondary N) is 1. The summed E-state index contributed by atoms with van der Waals surface area (Å²) in [4.78, 5) is 3.61. The summed E-state index contributed by atoms with van der Waals surface area (Å²) in [6.07, 6.45) is 5.19. The van der Waals surface area contributed by atoms with Crippen LogP contribution in [0.4, 0.5) is 0 Å². The molecular weight excluding hydrogens is 320 g/mol. The Morgan fingerprint density at radius 1 is 1.46 bits per heavy atom. The molecule has 0 aliphatic carbocycles. The van der Waals surface area contributed by atoms with Crippen molar-refractivity contribution in [1.29, 1.82) is 0 Å². The standard InChI is InChI=1S/C18H26N4OS/c1-21(2)17(13-10-20-22(3)12-13)11-19-16-7-8-24-18-6-5-14(23-4)9-15(16)18/h5-6,9-10,12,16-17,19H,7-8,11H2,1-4H3. The maximum atomic E-state index is 5.41. The molecule has 1 aromatic heterocycles. The fourth-order valence-electron chi connectivity index (χ4n) is 3.18. The average Bonchev–Trinajstić information content (AvgIpc) is 3.00. The van der Waals surface area contributed by atoms with E-state index in [1.54, 1.807) is 7.11 Å². The molecule has 1 aliphatic heterocycles. The first kappa shape index (κ1) is 17.3. The van der Waals surface area contributed by atoms with Crippen molar-refractivity contribution in [1.82, 2.24) is 20.0 Å². The normalized spacial score (nSPS) is 18.5. The summed E-state index contributed by atoms with van der Waals surface area (Å²) < 4.78 is 7.27. The minimum Gasteiger partial charge on any atom is -0.497 e. The Morgan fingerprint density at radius 3 is 2.96 bits per heavy atom. The van der Waals surface area contributed by atoms with Crippen LogP contribution in [-0.2, 0) is 7.05 Å². The van der Waals surface area contributed by atoms with Gasteiger partial charge in [0, 0.05) is 42.3 Å². The Kier molecular flexibility index (Phi) is 5.48. The molecule has 2 heterocycles. The van der Waals surface area contributed by atoms with Crippen LogP contribution in [0.5, 0.6) is 5.75 Å². The molecule has 1 N–H and O–H groups in total. The highest BCUT2D eigenvalue weighted by molar-refractivity contribution is 7.99. The average molecular weight is 347 g/mol. The van der Waals surface area contributed by atoms with E-state index < -0.39 is 0 Å². The molecule has 2 aromatic rings. The lowest BCUT2D eigenvalue weighted by atomic mass is 10.0. The van der Waals surface area contributed by atoms with E-state index in [-0.39, 0.29) is 0 Å². The first-order valence-corrected chi connectivity index (χ1v) is 9.26. The Labute approximate surface area is 148 Å². The number of likely N-dealkylation sites (N-methyl/N-ethyl adjacent to an activating group) is 1. The highest BCUT2D eigenvalue weighted by atomic mass is 32.2. The number of fused-ring (bicyclic) bond motifs is 1.